The van der Waals surface area contributed by atoms with Gasteiger partial charge in [-0.25, -0.2) is 8.42 Å². The van der Waals surface area contributed by atoms with Gasteiger partial charge < -0.3 is 20.9 Å². The van der Waals surface area contributed by atoms with Crippen molar-refractivity contribution in [2.75, 3.05) is 42.6 Å². The number of fused-ring (bicyclic) bond motifs is 1. The van der Waals surface area contributed by atoms with Crippen LogP contribution in [-0.4, -0.2) is 63.1 Å². The minimum atomic E-state index is -3.54. The number of hydrogen-bond donors (Lipinski definition) is 3. The van der Waals surface area contributed by atoms with Crippen molar-refractivity contribution >= 4 is 49.0 Å². The molecule has 2 aromatic carbocycles. The maximum absolute atomic E-state index is 12.7. The van der Waals surface area contributed by atoms with Gasteiger partial charge in [0.25, 0.3) is 5.91 Å². The summed E-state index contributed by atoms with van der Waals surface area (Å²) in [5.41, 5.74) is 2.17. The van der Waals surface area contributed by atoms with Gasteiger partial charge in [-0.05, 0) is 74.8 Å². The van der Waals surface area contributed by atoms with Gasteiger partial charge >= 0.3 is 0 Å². The molecule has 2 heterocycles. The second-order valence-electron chi connectivity index (χ2n) is 9.50. The number of amides is 2. The van der Waals surface area contributed by atoms with Gasteiger partial charge in [0.05, 0.1) is 22.9 Å². The summed E-state index contributed by atoms with van der Waals surface area (Å²) in [5.74, 6) is -1.11. The molecule has 1 fully saturated rings. The average molecular weight is 578 g/mol. The molecule has 0 spiro atoms. The van der Waals surface area contributed by atoms with Gasteiger partial charge in [0, 0.05) is 16.6 Å². The molecule has 4 rings (SSSR count). The van der Waals surface area contributed by atoms with Crippen LogP contribution in [0.4, 0.5) is 11.4 Å². The fourth-order valence-corrected chi connectivity index (χ4v) is 6.66. The SMILES string of the molecule is O=C(NCCCN1CCCCCC1)c1ccc2c(c1)NC(=O)[C@@H](CS(=O)(=O)Cc1cccc(Br)c1)N2. The third-order valence-corrected chi connectivity index (χ3v) is 8.63. The van der Waals surface area contributed by atoms with Gasteiger partial charge in [-0.1, -0.05) is 40.9 Å². The van der Waals surface area contributed by atoms with Crippen LogP contribution >= 0.6 is 15.9 Å². The van der Waals surface area contributed by atoms with Crippen molar-refractivity contribution in [3.63, 3.8) is 0 Å². The second-order valence-corrected chi connectivity index (χ2v) is 12.5. The van der Waals surface area contributed by atoms with Gasteiger partial charge in [0.15, 0.2) is 9.84 Å². The van der Waals surface area contributed by atoms with Crippen molar-refractivity contribution < 1.29 is 18.0 Å². The third-order valence-electron chi connectivity index (χ3n) is 6.52. The van der Waals surface area contributed by atoms with Crippen LogP contribution in [0.3, 0.4) is 0 Å². The van der Waals surface area contributed by atoms with E-state index in [0.29, 0.717) is 29.0 Å². The Morgan fingerprint density at radius 1 is 1.06 bits per heavy atom. The summed E-state index contributed by atoms with van der Waals surface area (Å²) < 4.78 is 26.3. The van der Waals surface area contributed by atoms with Crippen LogP contribution in [0.25, 0.3) is 0 Å². The lowest BCUT2D eigenvalue weighted by Crippen LogP contribution is -2.43. The molecule has 10 heteroatoms. The highest BCUT2D eigenvalue weighted by atomic mass is 79.9. The van der Waals surface area contributed by atoms with Crippen LogP contribution in [0, 0.1) is 0 Å². The predicted molar refractivity (Wildman–Crippen MR) is 146 cm³/mol. The molecule has 36 heavy (non-hydrogen) atoms. The average Bonchev–Trinajstić information content (AvgIpc) is 3.10. The molecule has 2 aromatic rings. The van der Waals surface area contributed by atoms with Crippen LogP contribution in [0.1, 0.15) is 48.0 Å². The van der Waals surface area contributed by atoms with E-state index in [1.807, 2.05) is 6.07 Å². The highest BCUT2D eigenvalue weighted by Gasteiger charge is 2.30. The Morgan fingerprint density at radius 2 is 1.83 bits per heavy atom. The lowest BCUT2D eigenvalue weighted by Gasteiger charge is -2.27. The lowest BCUT2D eigenvalue weighted by atomic mass is 10.1. The zero-order valence-corrected chi connectivity index (χ0v) is 22.7. The number of carbonyl (C=O) groups is 2. The van der Waals surface area contributed by atoms with Crippen molar-refractivity contribution in [1.29, 1.82) is 0 Å². The standard InChI is InChI=1S/C26H33BrN4O4S/c27-21-8-5-7-19(15-21)17-36(34,35)18-24-26(33)30-23-16-20(9-10-22(23)29-24)25(32)28-11-6-14-31-12-3-1-2-4-13-31/h5,7-10,15-16,24,29H,1-4,6,11-14,17-18H2,(H,28,32)(H,30,33)/t24-/m1/s1. The van der Waals surface area contributed by atoms with E-state index >= 15 is 0 Å². The highest BCUT2D eigenvalue weighted by Crippen LogP contribution is 2.28. The molecule has 0 radical (unpaired) electrons. The molecule has 0 unspecified atom stereocenters. The van der Waals surface area contributed by atoms with Gasteiger partial charge in [-0.15, -0.1) is 0 Å². The number of nitrogens with one attached hydrogen (secondary N) is 3. The van der Waals surface area contributed by atoms with Crippen molar-refractivity contribution in [1.82, 2.24) is 10.2 Å². The summed E-state index contributed by atoms with van der Waals surface area (Å²) in [6.45, 7) is 3.85. The first-order valence-corrected chi connectivity index (χ1v) is 15.1. The summed E-state index contributed by atoms with van der Waals surface area (Å²) in [5, 5.41) is 8.74. The number of sulfone groups is 1. The Balaban J connectivity index is 1.30. The van der Waals surface area contributed by atoms with Crippen LogP contribution in [-0.2, 0) is 20.4 Å². The molecule has 1 atom stereocenters. The van der Waals surface area contributed by atoms with Gasteiger partial charge in [-0.2, -0.15) is 0 Å². The van der Waals surface area contributed by atoms with Crippen LogP contribution < -0.4 is 16.0 Å². The number of carbonyl (C=O) groups excluding carboxylic acids is 2. The lowest BCUT2D eigenvalue weighted by molar-refractivity contribution is -0.116. The Labute approximate surface area is 221 Å². The van der Waals surface area contributed by atoms with Crippen LogP contribution in [0.15, 0.2) is 46.9 Å². The number of benzene rings is 2. The molecular formula is C26H33BrN4O4S. The van der Waals surface area contributed by atoms with Gasteiger partial charge in [0.2, 0.25) is 5.91 Å². The molecule has 1 saturated heterocycles. The molecule has 0 saturated carbocycles. The normalized spacial score (nSPS) is 18.5. The predicted octanol–water partition coefficient (Wildman–Crippen LogP) is 3.79. The third kappa shape index (κ3) is 7.54. The second kappa shape index (κ2) is 12.2. The van der Waals surface area contributed by atoms with E-state index in [2.05, 4.69) is 36.8 Å². The molecule has 0 aromatic heterocycles. The fourth-order valence-electron chi connectivity index (χ4n) is 4.67. The molecule has 2 aliphatic rings. The van der Waals surface area contributed by atoms with E-state index < -0.39 is 21.8 Å². The van der Waals surface area contributed by atoms with Gasteiger partial charge in [0.1, 0.15) is 6.04 Å². The number of anilines is 2. The fraction of sp³-hybridized carbons (Fsp3) is 0.462. The largest absolute Gasteiger partial charge is 0.371 e. The zero-order chi connectivity index (χ0) is 25.5. The molecule has 3 N–H and O–H groups in total. The molecule has 2 aliphatic heterocycles. The first-order valence-electron chi connectivity index (χ1n) is 12.5. The zero-order valence-electron chi connectivity index (χ0n) is 20.3. The molecule has 0 bridgehead atoms. The summed E-state index contributed by atoms with van der Waals surface area (Å²) >= 11 is 3.35. The quantitative estimate of drug-likeness (QED) is 0.392. The molecule has 0 aliphatic carbocycles. The van der Waals surface area contributed by atoms with Crippen LogP contribution in [0.5, 0.6) is 0 Å². The molecular weight excluding hydrogens is 544 g/mol. The summed E-state index contributed by atoms with van der Waals surface area (Å²) in [6.07, 6.45) is 6.00. The first-order chi connectivity index (χ1) is 17.3. The van der Waals surface area contributed by atoms with Crippen LogP contribution in [0.2, 0.25) is 0 Å². The minimum absolute atomic E-state index is 0.151. The van der Waals surface area contributed by atoms with E-state index in [1.54, 1.807) is 36.4 Å². The van der Waals surface area contributed by atoms with Crippen molar-refractivity contribution in [2.45, 2.75) is 43.9 Å². The number of halogens is 1. The van der Waals surface area contributed by atoms with E-state index in [1.165, 1.54) is 25.7 Å². The summed E-state index contributed by atoms with van der Waals surface area (Å²) in [6, 6.07) is 11.2. The topological polar surface area (TPSA) is 108 Å². The van der Waals surface area contributed by atoms with Crippen molar-refractivity contribution in [2.24, 2.45) is 0 Å². The summed E-state index contributed by atoms with van der Waals surface area (Å²) in [7, 11) is -3.54. The highest BCUT2D eigenvalue weighted by molar-refractivity contribution is 9.10. The Bertz CT molecular complexity index is 1200. The number of nitrogens with zero attached hydrogens (tertiary/aromatic N) is 1. The molecule has 194 valence electrons. The van der Waals surface area contributed by atoms with E-state index in [-0.39, 0.29) is 17.4 Å². The van der Waals surface area contributed by atoms with E-state index in [0.717, 1.165) is 30.5 Å². The molecule has 2 amide bonds. The number of hydrogen-bond acceptors (Lipinski definition) is 6. The minimum Gasteiger partial charge on any atom is -0.371 e. The van der Waals surface area contributed by atoms with E-state index in [9.17, 15) is 18.0 Å². The summed E-state index contributed by atoms with van der Waals surface area (Å²) in [4.78, 5) is 27.8. The maximum Gasteiger partial charge on any atom is 0.251 e. The molecule has 8 nitrogen and oxygen atoms in total. The monoisotopic (exact) mass is 576 g/mol. The van der Waals surface area contributed by atoms with E-state index in [4.69, 9.17) is 0 Å². The maximum atomic E-state index is 12.7. The number of likely N-dealkylation sites (tertiary alicyclic amines) is 1. The number of rotatable bonds is 9. The Kier molecular flexibility index (Phi) is 9.03. The smallest absolute Gasteiger partial charge is 0.251 e. The Morgan fingerprint density at radius 3 is 2.58 bits per heavy atom. The van der Waals surface area contributed by atoms with Crippen molar-refractivity contribution in [3.8, 4) is 0 Å². The van der Waals surface area contributed by atoms with Gasteiger partial charge in [-0.3, -0.25) is 9.59 Å². The Hall–Kier alpha value is -2.43. The first kappa shape index (κ1) is 26.6. The van der Waals surface area contributed by atoms with Crippen molar-refractivity contribution in [3.05, 3.63) is 58.1 Å².